The molecule has 3 saturated heterocycles. The normalized spacial score (nSPS) is 23.2. The van der Waals surface area contributed by atoms with Crippen molar-refractivity contribution < 1.29 is 104 Å². The molecule has 3 fully saturated rings. The van der Waals surface area contributed by atoms with E-state index in [2.05, 4.69) is 170 Å². The molecule has 6 amide bonds. The molecule has 0 bridgehead atoms. The number of carbonyl (C=O) groups is 6. The third kappa shape index (κ3) is 18.2. The number of hydrogen-bond acceptors (Lipinski definition) is 22. The first kappa shape index (κ1) is 97.2. The number of nitrogens with zero attached hydrogens (tertiary/aromatic N) is 3. The van der Waals surface area contributed by atoms with E-state index in [0.29, 0.717) is 110 Å². The van der Waals surface area contributed by atoms with Gasteiger partial charge in [0, 0.05) is 55.3 Å². The molecule has 129 heavy (non-hydrogen) atoms. The maximum absolute atomic E-state index is 14.7. The van der Waals surface area contributed by atoms with Gasteiger partial charge in [0.25, 0.3) is 0 Å². The van der Waals surface area contributed by atoms with Crippen molar-refractivity contribution in [3.8, 4) is 57.5 Å². The molecule has 0 spiro atoms. The Kier molecular flexibility index (Phi) is 30.1. The third-order valence-electron chi connectivity index (χ3n) is 30.1. The number of aryl methyl sites for hydroxylation is 1. The Hall–Kier alpha value is -9.33. The van der Waals surface area contributed by atoms with Gasteiger partial charge >= 0.3 is 18.3 Å². The molecule has 0 saturated carbocycles. The fraction of sp³-hybridized carbons (Fsp3) is 0.584. The van der Waals surface area contributed by atoms with Gasteiger partial charge in [-0.05, 0) is 203 Å². The monoisotopic (exact) mass is 1830 g/mol. The molecule has 3 aliphatic carbocycles. The van der Waals surface area contributed by atoms with E-state index in [1.807, 2.05) is 79.7 Å². The minimum atomic E-state index is -2.28. The van der Waals surface area contributed by atoms with E-state index in [1.165, 1.54) is 14.7 Å². The van der Waals surface area contributed by atoms with Crippen molar-refractivity contribution in [3.05, 3.63) is 153 Å². The van der Waals surface area contributed by atoms with Crippen LogP contribution in [0.4, 0.5) is 14.4 Å². The lowest BCUT2D eigenvalue weighted by Gasteiger charge is -2.47. The number of hydrogen-bond donors (Lipinski definition) is 0. The molecule has 15 rings (SSSR count). The number of benzene rings is 6. The van der Waals surface area contributed by atoms with E-state index in [4.69, 9.17) is 74.9 Å². The highest BCUT2D eigenvalue weighted by Gasteiger charge is 2.57. The molecule has 6 heterocycles. The summed E-state index contributed by atoms with van der Waals surface area (Å²) < 4.78 is 94.7. The second-order valence-electron chi connectivity index (χ2n) is 39.2. The predicted molar refractivity (Wildman–Crippen MR) is 500 cm³/mol. The van der Waals surface area contributed by atoms with Gasteiger partial charge in [0.2, 0.25) is 38.1 Å². The van der Waals surface area contributed by atoms with Gasteiger partial charge < -0.3 is 74.9 Å². The zero-order valence-corrected chi connectivity index (χ0v) is 83.7. The average Bonchev–Trinajstić information content (AvgIpc) is 1.67. The molecule has 6 aromatic rings. The molecular weight excluding hydrogens is 1690 g/mol. The standard InChI is InChI=1S/C34H47NO8Si.C34H47NO7Si.C33H45NO7Si/c1-19(2)44(20(3)4,21(5)6)43-17-26-22(7)24-15-29-30(42-18-41-29)16-25(24)31(23-10-11-27(38-8)28(14-23)39-9)32(26)33(36)35-12-13-40-34(35)37;1-19(2)43(20(3)4,21(5)6)42-17-28-23(8)26-15-29-30(41-18-40-29)16-27(26)31(24-12-22(7)13-25(14-24)38-9)32(28)33(36)35-10-11-39-34(35)37;1-19(2)42(20(3)4,21(5)6)41-17-27-22(7)25-15-28-29(40-18-39-28)16-26(25)30(23-9-11-24(37-8)12-10-23)31(27)32(35)34-13-14-38-33(34)36/h10-11,14-16,19-22,26,31-32H,12-13,17-18H2,1-9H3;12-16,19-21,23,28,31-32H,10-11,17-18H2,1-9H3;9-12,15-16,19-22,27,30-31H,13-14,17-18H2,1-8H3/t22-,26+,31+,32+;23-,28+,31+,32+;22-,27+,30+,31+/m000/s1. The average molecular weight is 1830 g/mol. The van der Waals surface area contributed by atoms with Crippen LogP contribution in [0.15, 0.2) is 97.1 Å². The molecule has 9 aliphatic rings. The van der Waals surface area contributed by atoms with Crippen molar-refractivity contribution in [2.45, 2.75) is 238 Å². The lowest BCUT2D eigenvalue weighted by Crippen LogP contribution is -2.52. The molecule has 0 aromatic heterocycles. The number of fused-ring (bicyclic) bond motifs is 6. The maximum atomic E-state index is 14.7. The molecule has 25 nitrogen and oxygen atoms in total. The Balaban J connectivity index is 0.000000165. The first-order chi connectivity index (χ1) is 61.4. The van der Waals surface area contributed by atoms with Crippen LogP contribution in [0.2, 0.25) is 49.9 Å². The lowest BCUT2D eigenvalue weighted by atomic mass is 9.62. The van der Waals surface area contributed by atoms with Gasteiger partial charge in [0.05, 0.1) is 65.8 Å². The van der Waals surface area contributed by atoms with Crippen molar-refractivity contribution in [1.29, 1.82) is 0 Å². The van der Waals surface area contributed by atoms with Gasteiger partial charge in [-0.25, -0.2) is 29.1 Å². The number of carbonyl (C=O) groups excluding carboxylic acids is 6. The third-order valence-corrected chi connectivity index (χ3v) is 48.4. The lowest BCUT2D eigenvalue weighted by molar-refractivity contribution is -0.136. The van der Waals surface area contributed by atoms with E-state index in [0.717, 1.165) is 72.9 Å². The first-order valence-corrected chi connectivity index (χ1v) is 53.0. The SMILES string of the molecule is COc1cc(C)cc([C@@H]2c3cc4c(cc3[C@H](C)[C@@H](CO[Si](C(C)C)(C(C)C)C(C)C)[C@H]2C(=O)N2CCOC2=O)OCO4)c1.COc1ccc([C@@H]2c3cc4c(cc3[C@H](C)[C@@H](CO[Si](C(C)C)(C(C)C)C(C)C)[C@H]2C(=O)N2CCOC2=O)OCO4)cc1.COc1ccc([C@@H]2c3cc4c(cc3[C@H](C)[C@@H](CO[Si](C(C)C)(C(C)C)C(C)C)[C@H]2C(=O)N2CCOC2=O)OCO4)cc1OC. The van der Waals surface area contributed by atoms with Crippen LogP contribution in [0.1, 0.15) is 237 Å². The van der Waals surface area contributed by atoms with E-state index >= 15 is 0 Å². The van der Waals surface area contributed by atoms with Crippen molar-refractivity contribution in [2.24, 2.45) is 35.5 Å². The number of amides is 6. The molecule has 0 radical (unpaired) electrons. The fourth-order valence-corrected chi connectivity index (χ4v) is 40.7. The Morgan fingerprint density at radius 1 is 0.333 bits per heavy atom. The Morgan fingerprint density at radius 3 is 0.899 bits per heavy atom. The van der Waals surface area contributed by atoms with Crippen LogP contribution in [0.25, 0.3) is 0 Å². The summed E-state index contributed by atoms with van der Waals surface area (Å²) >= 11 is 0. The number of methoxy groups -OCH3 is 4. The summed E-state index contributed by atoms with van der Waals surface area (Å²) in [6.07, 6.45) is -1.75. The number of rotatable bonds is 28. The fourth-order valence-electron chi connectivity index (χ4n) is 24.2. The quantitative estimate of drug-likeness (QED) is 0.0326. The van der Waals surface area contributed by atoms with Crippen LogP contribution in [-0.4, -0.2) is 184 Å². The summed E-state index contributed by atoms with van der Waals surface area (Å²) in [5, 5.41) is 0. The van der Waals surface area contributed by atoms with Crippen molar-refractivity contribution in [2.75, 3.05) is 108 Å². The summed E-state index contributed by atoms with van der Waals surface area (Å²) in [5.74, 6) is 2.45. The van der Waals surface area contributed by atoms with Crippen LogP contribution in [-0.2, 0) is 41.9 Å². The van der Waals surface area contributed by atoms with Gasteiger partial charge in [0.1, 0.15) is 31.3 Å². The topological polar surface area (TPSA) is 260 Å². The molecular formula is C101H139N3O22Si3. The molecule has 702 valence electrons. The van der Waals surface area contributed by atoms with Crippen LogP contribution in [0, 0.1) is 42.4 Å². The summed E-state index contributed by atoms with van der Waals surface area (Å²) in [6.45, 7) is 52.5. The minimum Gasteiger partial charge on any atom is -0.497 e. The number of ether oxygens (including phenoxy) is 13. The van der Waals surface area contributed by atoms with Gasteiger partial charge in [0.15, 0.2) is 70.9 Å². The summed E-state index contributed by atoms with van der Waals surface area (Å²) in [4.78, 5) is 86.2. The van der Waals surface area contributed by atoms with E-state index < -0.39 is 66.9 Å². The highest BCUT2D eigenvalue weighted by Crippen LogP contribution is 2.60. The molecule has 28 heteroatoms. The molecule has 6 aliphatic heterocycles. The van der Waals surface area contributed by atoms with Gasteiger partial charge in [-0.3, -0.25) is 14.4 Å². The Morgan fingerprint density at radius 2 is 0.620 bits per heavy atom. The van der Waals surface area contributed by atoms with Gasteiger partial charge in [-0.15, -0.1) is 0 Å². The van der Waals surface area contributed by atoms with Crippen LogP contribution >= 0.6 is 0 Å². The van der Waals surface area contributed by atoms with Gasteiger partial charge in [-0.2, -0.15) is 0 Å². The first-order valence-electron chi connectivity index (χ1n) is 46.5. The Bertz CT molecular complexity index is 4990. The van der Waals surface area contributed by atoms with Crippen LogP contribution < -0.4 is 47.4 Å². The van der Waals surface area contributed by atoms with E-state index in [1.54, 1.807) is 28.4 Å². The summed E-state index contributed by atoms with van der Waals surface area (Å²) in [6, 6.07) is 32.1. The summed E-state index contributed by atoms with van der Waals surface area (Å²) in [7, 11) is -0.306. The molecule has 0 unspecified atom stereocenters. The largest absolute Gasteiger partial charge is 0.497 e. The highest BCUT2D eigenvalue weighted by molar-refractivity contribution is 6.78. The Labute approximate surface area is 766 Å². The molecule has 6 aromatic carbocycles. The van der Waals surface area contributed by atoms with Crippen molar-refractivity contribution in [3.63, 3.8) is 0 Å². The number of imide groups is 3. The molecule has 0 N–H and O–H groups in total. The van der Waals surface area contributed by atoms with Crippen LogP contribution in [0.3, 0.4) is 0 Å². The maximum Gasteiger partial charge on any atom is 0.416 e. The smallest absolute Gasteiger partial charge is 0.416 e. The zero-order valence-electron chi connectivity index (χ0n) is 80.7. The van der Waals surface area contributed by atoms with Gasteiger partial charge in [-0.1, -0.05) is 170 Å². The van der Waals surface area contributed by atoms with Crippen molar-refractivity contribution in [1.82, 2.24) is 14.7 Å². The van der Waals surface area contributed by atoms with Crippen LogP contribution in [0.5, 0.6) is 57.5 Å². The molecule has 12 atom stereocenters. The number of cyclic esters (lactones) is 3. The van der Waals surface area contributed by atoms with Crippen molar-refractivity contribution >= 4 is 61.0 Å². The minimum absolute atomic E-state index is 0.0326. The second-order valence-corrected chi connectivity index (χ2v) is 55.6. The summed E-state index contributed by atoms with van der Waals surface area (Å²) in [5.41, 5.74) is 13.7. The zero-order chi connectivity index (χ0) is 93.5. The highest BCUT2D eigenvalue weighted by atomic mass is 28.4. The second kappa shape index (κ2) is 40.0. The van der Waals surface area contributed by atoms with E-state index in [-0.39, 0.29) is 125 Å². The van der Waals surface area contributed by atoms with E-state index in [9.17, 15) is 28.8 Å². The predicted octanol–water partition coefficient (Wildman–Crippen LogP) is 21.5.